The van der Waals surface area contributed by atoms with Gasteiger partial charge >= 0.3 is 0 Å². The van der Waals surface area contributed by atoms with Crippen molar-refractivity contribution in [1.29, 1.82) is 0 Å². The van der Waals surface area contributed by atoms with Crippen LogP contribution in [0.5, 0.6) is 0 Å². The fourth-order valence-corrected chi connectivity index (χ4v) is 5.02. The molecule has 1 saturated heterocycles. The number of amides is 3. The second-order valence-electron chi connectivity index (χ2n) is 6.03. The maximum atomic E-state index is 13.3. The minimum absolute atomic E-state index is 0.163. The van der Waals surface area contributed by atoms with E-state index >= 15 is 0 Å². The molecular formula is C17H19N3O4S. The first-order valence-electron chi connectivity index (χ1n) is 7.98. The Hall–Kier alpha value is -2.48. The van der Waals surface area contributed by atoms with Crippen LogP contribution in [0.2, 0.25) is 0 Å². The Labute approximate surface area is 146 Å². The highest BCUT2D eigenvalue weighted by molar-refractivity contribution is 7.92. The van der Waals surface area contributed by atoms with Gasteiger partial charge in [0.2, 0.25) is 5.91 Å². The van der Waals surface area contributed by atoms with E-state index in [9.17, 15) is 18.6 Å². The lowest BCUT2D eigenvalue weighted by Crippen LogP contribution is -2.39. The largest absolute Gasteiger partial charge is 0.339 e. The topological polar surface area (TPSA) is 87.1 Å². The van der Waals surface area contributed by atoms with Crippen LogP contribution in [0.1, 0.15) is 23.2 Å². The van der Waals surface area contributed by atoms with Gasteiger partial charge in [0.15, 0.2) is 9.92 Å². The highest BCUT2D eigenvalue weighted by Crippen LogP contribution is 2.31. The van der Waals surface area contributed by atoms with Gasteiger partial charge in [0.1, 0.15) is 0 Å². The summed E-state index contributed by atoms with van der Waals surface area (Å²) in [4.78, 5) is 38.3. The second-order valence-corrected chi connectivity index (χ2v) is 8.19. The van der Waals surface area contributed by atoms with Crippen molar-refractivity contribution in [2.75, 3.05) is 20.1 Å². The summed E-state index contributed by atoms with van der Waals surface area (Å²) in [7, 11) is -1.87. The fraction of sp³-hybridized carbons (Fsp3) is 0.353. The molecule has 8 heteroatoms. The number of hydrogen-bond donors (Lipinski definition) is 0. The van der Waals surface area contributed by atoms with E-state index in [2.05, 4.69) is 10.9 Å². The Morgan fingerprint density at radius 2 is 1.92 bits per heavy atom. The van der Waals surface area contributed by atoms with Gasteiger partial charge in [-0.1, -0.05) is 18.7 Å². The zero-order valence-electron chi connectivity index (χ0n) is 13.9. The van der Waals surface area contributed by atoms with Crippen LogP contribution in [0.4, 0.5) is 0 Å². The molecule has 1 aromatic carbocycles. The van der Waals surface area contributed by atoms with Crippen molar-refractivity contribution in [2.45, 2.75) is 17.7 Å². The molecule has 0 aromatic heterocycles. The highest BCUT2D eigenvalue weighted by atomic mass is 32.2. The van der Waals surface area contributed by atoms with Crippen LogP contribution in [0, 0.1) is 5.92 Å². The summed E-state index contributed by atoms with van der Waals surface area (Å²) in [6, 6.07) is 6.51. The molecule has 1 unspecified atom stereocenters. The lowest BCUT2D eigenvalue weighted by molar-refractivity contribution is -0.130. The smallest absolute Gasteiger partial charge is 0.267 e. The van der Waals surface area contributed by atoms with E-state index in [4.69, 9.17) is 0 Å². The Morgan fingerprint density at radius 1 is 1.28 bits per heavy atom. The van der Waals surface area contributed by atoms with Crippen molar-refractivity contribution >= 4 is 27.6 Å². The number of carbonyl (C=O) groups is 3. The normalized spacial score (nSPS) is 23.3. The SMILES string of the molecule is C=CC(=O)N1CCC(C(=O)N=S2(=O)c3ccccc3C(=O)N2C)CC1. The Balaban J connectivity index is 1.85. The average molecular weight is 361 g/mol. The molecule has 0 aliphatic carbocycles. The molecule has 1 aromatic rings. The van der Waals surface area contributed by atoms with Gasteiger partial charge in [-0.3, -0.25) is 14.4 Å². The summed E-state index contributed by atoms with van der Waals surface area (Å²) in [5.41, 5.74) is 0.318. The predicted molar refractivity (Wildman–Crippen MR) is 91.9 cm³/mol. The van der Waals surface area contributed by atoms with Crippen LogP contribution in [0.25, 0.3) is 0 Å². The molecular weight excluding hydrogens is 342 g/mol. The van der Waals surface area contributed by atoms with E-state index in [1.807, 2.05) is 0 Å². The number of carbonyl (C=O) groups excluding carboxylic acids is 3. The zero-order valence-corrected chi connectivity index (χ0v) is 14.7. The molecule has 0 spiro atoms. The van der Waals surface area contributed by atoms with Gasteiger partial charge in [-0.25, -0.2) is 8.51 Å². The molecule has 3 amide bonds. The molecule has 132 valence electrons. The Kier molecular flexibility index (Phi) is 4.47. The third-order valence-corrected chi connectivity index (χ3v) is 6.87. The summed E-state index contributed by atoms with van der Waals surface area (Å²) in [5, 5.41) is 0. The molecule has 2 aliphatic rings. The van der Waals surface area contributed by atoms with Gasteiger partial charge in [-0.15, -0.1) is 4.36 Å². The number of fused-ring (bicyclic) bond motifs is 1. The first kappa shape index (κ1) is 17.3. The van der Waals surface area contributed by atoms with Crippen LogP contribution < -0.4 is 0 Å². The third kappa shape index (κ3) is 2.86. The number of rotatable bonds is 2. The first-order chi connectivity index (χ1) is 11.9. The van der Waals surface area contributed by atoms with Crippen molar-refractivity contribution in [3.05, 3.63) is 42.5 Å². The van der Waals surface area contributed by atoms with E-state index < -0.39 is 27.6 Å². The molecule has 2 aliphatic heterocycles. The summed E-state index contributed by atoms with van der Waals surface area (Å²) < 4.78 is 18.3. The fourth-order valence-electron chi connectivity index (χ4n) is 3.09. The van der Waals surface area contributed by atoms with Gasteiger partial charge < -0.3 is 4.90 Å². The summed E-state index contributed by atoms with van der Waals surface area (Å²) in [5.74, 6) is -1.44. The monoisotopic (exact) mass is 361 g/mol. The molecule has 0 saturated carbocycles. The lowest BCUT2D eigenvalue weighted by atomic mass is 9.96. The van der Waals surface area contributed by atoms with E-state index in [0.29, 0.717) is 31.5 Å². The van der Waals surface area contributed by atoms with Crippen LogP contribution in [-0.2, 0) is 19.5 Å². The van der Waals surface area contributed by atoms with Gasteiger partial charge in [0.25, 0.3) is 11.8 Å². The zero-order chi connectivity index (χ0) is 18.2. The molecule has 7 nitrogen and oxygen atoms in total. The van der Waals surface area contributed by atoms with Crippen molar-refractivity contribution in [1.82, 2.24) is 9.21 Å². The minimum atomic E-state index is -3.26. The van der Waals surface area contributed by atoms with Crippen LogP contribution in [0.3, 0.4) is 0 Å². The van der Waals surface area contributed by atoms with E-state index in [1.165, 1.54) is 13.1 Å². The van der Waals surface area contributed by atoms with Gasteiger partial charge in [-0.2, -0.15) is 0 Å². The molecule has 1 atom stereocenters. The Morgan fingerprint density at radius 3 is 2.56 bits per heavy atom. The average Bonchev–Trinajstić information content (AvgIpc) is 2.83. The third-order valence-electron chi connectivity index (χ3n) is 4.61. The number of piperidine rings is 1. The molecule has 2 heterocycles. The molecule has 0 bridgehead atoms. The van der Waals surface area contributed by atoms with Crippen LogP contribution in [-0.4, -0.2) is 51.3 Å². The standard InChI is InChI=1S/C17H19N3O4S/c1-3-15(21)20-10-8-12(9-11-20)16(22)18-25(24)14-7-5-4-6-13(14)17(23)19(25)2/h3-7,12H,1,8-11H2,2H3. The van der Waals surface area contributed by atoms with Gasteiger partial charge in [0.05, 0.1) is 10.5 Å². The van der Waals surface area contributed by atoms with Crippen molar-refractivity contribution in [3.8, 4) is 0 Å². The molecule has 25 heavy (non-hydrogen) atoms. The van der Waals surface area contributed by atoms with Crippen molar-refractivity contribution in [3.63, 3.8) is 0 Å². The van der Waals surface area contributed by atoms with Crippen molar-refractivity contribution in [2.24, 2.45) is 10.3 Å². The van der Waals surface area contributed by atoms with Crippen LogP contribution in [0.15, 0.2) is 46.2 Å². The molecule has 0 radical (unpaired) electrons. The van der Waals surface area contributed by atoms with Crippen molar-refractivity contribution < 1.29 is 18.6 Å². The molecule has 1 fully saturated rings. The summed E-state index contributed by atoms with van der Waals surface area (Å²) >= 11 is 0. The van der Waals surface area contributed by atoms with Gasteiger partial charge in [0, 0.05) is 26.1 Å². The van der Waals surface area contributed by atoms with Crippen LogP contribution >= 0.6 is 0 Å². The van der Waals surface area contributed by atoms with E-state index in [-0.39, 0.29) is 10.8 Å². The first-order valence-corrected chi connectivity index (χ1v) is 9.45. The Bertz CT molecular complexity index is 878. The maximum absolute atomic E-state index is 13.3. The quantitative estimate of drug-likeness (QED) is 0.746. The number of likely N-dealkylation sites (tertiary alicyclic amines) is 1. The number of benzene rings is 1. The van der Waals surface area contributed by atoms with Gasteiger partial charge in [-0.05, 0) is 31.1 Å². The molecule has 0 N–H and O–H groups in total. The van der Waals surface area contributed by atoms with E-state index in [0.717, 1.165) is 4.31 Å². The second kappa shape index (κ2) is 6.44. The molecule has 3 rings (SSSR count). The minimum Gasteiger partial charge on any atom is -0.339 e. The van der Waals surface area contributed by atoms with E-state index in [1.54, 1.807) is 29.2 Å². The number of nitrogens with zero attached hydrogens (tertiary/aromatic N) is 3. The summed E-state index contributed by atoms with van der Waals surface area (Å²) in [6.45, 7) is 4.32. The lowest BCUT2D eigenvalue weighted by Gasteiger charge is -2.29. The number of hydrogen-bond acceptors (Lipinski definition) is 4. The highest BCUT2D eigenvalue weighted by Gasteiger charge is 2.38. The predicted octanol–water partition coefficient (Wildman–Crippen LogP) is 1.47. The maximum Gasteiger partial charge on any atom is 0.267 e. The summed E-state index contributed by atoms with van der Waals surface area (Å²) in [6.07, 6.45) is 2.16.